The lowest BCUT2D eigenvalue weighted by Crippen LogP contribution is -2.29. The Bertz CT molecular complexity index is 888. The third-order valence-electron chi connectivity index (χ3n) is 3.94. The SMILES string of the molecule is CCCC(Oc1ccc2c(-c3ccc(Cl)cc3)noc2c1)C(=O)OCC. The standard InChI is InChI=1S/C20H20ClNO4/c1-3-5-17(20(23)24-4-2)25-15-10-11-16-18(12-15)26-22-19(16)13-6-8-14(21)9-7-13/h6-12,17H,3-5H2,1-2H3. The van der Waals surface area contributed by atoms with Gasteiger partial charge in [-0.05, 0) is 37.6 Å². The van der Waals surface area contributed by atoms with Crippen LogP contribution in [0.2, 0.25) is 5.02 Å². The van der Waals surface area contributed by atoms with Crippen LogP contribution in [0.1, 0.15) is 26.7 Å². The van der Waals surface area contributed by atoms with Gasteiger partial charge in [0, 0.05) is 22.0 Å². The Morgan fingerprint density at radius 3 is 2.65 bits per heavy atom. The molecule has 0 radical (unpaired) electrons. The quantitative estimate of drug-likeness (QED) is 0.529. The topological polar surface area (TPSA) is 61.6 Å². The highest BCUT2D eigenvalue weighted by molar-refractivity contribution is 6.30. The van der Waals surface area contributed by atoms with Gasteiger partial charge >= 0.3 is 5.97 Å². The average molecular weight is 374 g/mol. The fourth-order valence-corrected chi connectivity index (χ4v) is 2.82. The molecule has 0 aliphatic rings. The molecule has 0 bridgehead atoms. The average Bonchev–Trinajstić information content (AvgIpc) is 3.05. The summed E-state index contributed by atoms with van der Waals surface area (Å²) in [7, 11) is 0. The number of hydrogen-bond acceptors (Lipinski definition) is 5. The zero-order chi connectivity index (χ0) is 18.5. The third-order valence-corrected chi connectivity index (χ3v) is 4.19. The van der Waals surface area contributed by atoms with Crippen molar-refractivity contribution in [2.75, 3.05) is 6.61 Å². The first-order valence-corrected chi connectivity index (χ1v) is 8.98. The van der Waals surface area contributed by atoms with Gasteiger partial charge in [0.05, 0.1) is 6.61 Å². The Morgan fingerprint density at radius 1 is 1.19 bits per heavy atom. The van der Waals surface area contributed by atoms with Gasteiger partial charge in [-0.3, -0.25) is 0 Å². The molecule has 1 aromatic heterocycles. The summed E-state index contributed by atoms with van der Waals surface area (Å²) in [4.78, 5) is 12.0. The third kappa shape index (κ3) is 3.99. The van der Waals surface area contributed by atoms with E-state index in [1.807, 2.05) is 37.3 Å². The Kier molecular flexibility index (Phi) is 5.78. The first-order chi connectivity index (χ1) is 12.6. The lowest BCUT2D eigenvalue weighted by molar-refractivity contribution is -0.151. The Labute approximate surface area is 156 Å². The van der Waals surface area contributed by atoms with Crippen molar-refractivity contribution in [2.45, 2.75) is 32.8 Å². The fraction of sp³-hybridized carbons (Fsp3) is 0.300. The van der Waals surface area contributed by atoms with Crippen LogP contribution in [0.3, 0.4) is 0 Å². The number of ether oxygens (including phenoxy) is 2. The van der Waals surface area contributed by atoms with E-state index in [0.29, 0.717) is 29.4 Å². The van der Waals surface area contributed by atoms with E-state index >= 15 is 0 Å². The first-order valence-electron chi connectivity index (χ1n) is 8.61. The Hall–Kier alpha value is -2.53. The number of rotatable bonds is 7. The number of halogens is 1. The predicted octanol–water partition coefficient (Wildman–Crippen LogP) is 5.26. The zero-order valence-corrected chi connectivity index (χ0v) is 15.5. The van der Waals surface area contributed by atoms with Crippen LogP contribution in [0, 0.1) is 0 Å². The van der Waals surface area contributed by atoms with Crippen LogP contribution < -0.4 is 4.74 Å². The minimum Gasteiger partial charge on any atom is -0.479 e. The summed E-state index contributed by atoms with van der Waals surface area (Å²) in [6, 6.07) is 12.8. The second-order valence-corrected chi connectivity index (χ2v) is 6.28. The molecule has 136 valence electrons. The van der Waals surface area contributed by atoms with Gasteiger partial charge < -0.3 is 14.0 Å². The van der Waals surface area contributed by atoms with E-state index in [9.17, 15) is 4.79 Å². The second-order valence-electron chi connectivity index (χ2n) is 5.84. The number of carbonyl (C=O) groups is 1. The van der Waals surface area contributed by atoms with E-state index in [0.717, 1.165) is 23.1 Å². The number of fused-ring (bicyclic) bond motifs is 1. The number of benzene rings is 2. The second kappa shape index (κ2) is 8.23. The summed E-state index contributed by atoms with van der Waals surface area (Å²) >= 11 is 5.94. The Balaban J connectivity index is 1.85. The van der Waals surface area contributed by atoms with Gasteiger partial charge in [-0.1, -0.05) is 42.2 Å². The molecule has 0 N–H and O–H groups in total. The largest absolute Gasteiger partial charge is 0.479 e. The zero-order valence-electron chi connectivity index (χ0n) is 14.7. The molecule has 0 saturated heterocycles. The number of esters is 1. The molecule has 1 atom stereocenters. The number of aromatic nitrogens is 1. The van der Waals surface area contributed by atoms with Crippen LogP contribution in [-0.4, -0.2) is 23.8 Å². The summed E-state index contributed by atoms with van der Waals surface area (Å²) in [5, 5.41) is 5.68. The molecule has 3 rings (SSSR count). The highest BCUT2D eigenvalue weighted by Gasteiger charge is 2.21. The molecule has 0 amide bonds. The summed E-state index contributed by atoms with van der Waals surface area (Å²) < 4.78 is 16.4. The number of nitrogens with zero attached hydrogens (tertiary/aromatic N) is 1. The van der Waals surface area contributed by atoms with Crippen molar-refractivity contribution in [1.82, 2.24) is 5.16 Å². The molecule has 0 aliphatic carbocycles. The fourth-order valence-electron chi connectivity index (χ4n) is 2.69. The highest BCUT2D eigenvalue weighted by Crippen LogP contribution is 2.31. The molecule has 0 fully saturated rings. The maximum atomic E-state index is 12.0. The van der Waals surface area contributed by atoms with E-state index in [2.05, 4.69) is 5.16 Å². The van der Waals surface area contributed by atoms with Crippen molar-refractivity contribution in [2.24, 2.45) is 0 Å². The molecule has 26 heavy (non-hydrogen) atoms. The minimum atomic E-state index is -0.629. The molecule has 5 nitrogen and oxygen atoms in total. The monoisotopic (exact) mass is 373 g/mol. The normalized spacial score (nSPS) is 12.1. The van der Waals surface area contributed by atoms with Crippen LogP contribution in [0.5, 0.6) is 5.75 Å². The molecule has 2 aromatic carbocycles. The highest BCUT2D eigenvalue weighted by atomic mass is 35.5. The van der Waals surface area contributed by atoms with Gasteiger partial charge in [0.1, 0.15) is 11.4 Å². The van der Waals surface area contributed by atoms with Crippen LogP contribution in [-0.2, 0) is 9.53 Å². The van der Waals surface area contributed by atoms with Crippen molar-refractivity contribution < 1.29 is 18.8 Å². The number of hydrogen-bond donors (Lipinski definition) is 0. The molecule has 0 aliphatic heterocycles. The Morgan fingerprint density at radius 2 is 1.96 bits per heavy atom. The van der Waals surface area contributed by atoms with E-state index in [1.165, 1.54) is 0 Å². The molecule has 6 heteroatoms. The molecular weight excluding hydrogens is 354 g/mol. The van der Waals surface area contributed by atoms with E-state index in [1.54, 1.807) is 19.1 Å². The molecular formula is C20H20ClNO4. The summed E-state index contributed by atoms with van der Waals surface area (Å²) in [5.74, 6) is 0.191. The van der Waals surface area contributed by atoms with Crippen molar-refractivity contribution in [3.8, 4) is 17.0 Å². The molecule has 1 heterocycles. The van der Waals surface area contributed by atoms with Crippen molar-refractivity contribution in [1.29, 1.82) is 0 Å². The van der Waals surface area contributed by atoms with Gasteiger partial charge in [-0.25, -0.2) is 4.79 Å². The lowest BCUT2D eigenvalue weighted by atomic mass is 10.1. The van der Waals surface area contributed by atoms with Gasteiger partial charge in [-0.15, -0.1) is 0 Å². The maximum Gasteiger partial charge on any atom is 0.347 e. The van der Waals surface area contributed by atoms with Crippen LogP contribution in [0.25, 0.3) is 22.2 Å². The lowest BCUT2D eigenvalue weighted by Gasteiger charge is -2.16. The molecule has 0 saturated carbocycles. The summed E-state index contributed by atoms with van der Waals surface area (Å²) in [6.07, 6.45) is 0.772. The minimum absolute atomic E-state index is 0.327. The maximum absolute atomic E-state index is 12.0. The molecule has 3 aromatic rings. The van der Waals surface area contributed by atoms with Crippen LogP contribution in [0.4, 0.5) is 0 Å². The molecule has 1 unspecified atom stereocenters. The van der Waals surface area contributed by atoms with Crippen LogP contribution >= 0.6 is 11.6 Å². The smallest absolute Gasteiger partial charge is 0.347 e. The summed E-state index contributed by atoms with van der Waals surface area (Å²) in [5.41, 5.74) is 2.24. The number of carbonyl (C=O) groups excluding carboxylic acids is 1. The van der Waals surface area contributed by atoms with E-state index < -0.39 is 6.10 Å². The predicted molar refractivity (Wildman–Crippen MR) is 100 cm³/mol. The molecule has 0 spiro atoms. The first kappa shape index (κ1) is 18.3. The summed E-state index contributed by atoms with van der Waals surface area (Å²) in [6.45, 7) is 4.10. The van der Waals surface area contributed by atoms with E-state index in [4.69, 9.17) is 25.6 Å². The van der Waals surface area contributed by atoms with Gasteiger partial charge in [0.2, 0.25) is 0 Å². The van der Waals surface area contributed by atoms with Crippen LogP contribution in [0.15, 0.2) is 47.0 Å². The van der Waals surface area contributed by atoms with Gasteiger partial charge in [0.25, 0.3) is 0 Å². The van der Waals surface area contributed by atoms with E-state index in [-0.39, 0.29) is 5.97 Å². The van der Waals surface area contributed by atoms with Crippen molar-refractivity contribution in [3.63, 3.8) is 0 Å². The van der Waals surface area contributed by atoms with Crippen molar-refractivity contribution in [3.05, 3.63) is 47.5 Å². The van der Waals surface area contributed by atoms with Crippen molar-refractivity contribution >= 4 is 28.5 Å². The van der Waals surface area contributed by atoms with Gasteiger partial charge in [-0.2, -0.15) is 0 Å². The van der Waals surface area contributed by atoms with Gasteiger partial charge in [0.15, 0.2) is 11.7 Å².